The van der Waals surface area contributed by atoms with Gasteiger partial charge < -0.3 is 5.32 Å². The zero-order chi connectivity index (χ0) is 11.4. The van der Waals surface area contributed by atoms with E-state index in [-0.39, 0.29) is 0 Å². The van der Waals surface area contributed by atoms with E-state index in [4.69, 9.17) is 11.6 Å². The molecule has 1 atom stereocenters. The standard InChI is InChI=1S/C10H16ClN3S/c1-6(5-15-4)12-10-9(11)13-7(2)8(3)14-10/h6H,5H2,1-4H3,(H,12,14). The van der Waals surface area contributed by atoms with Gasteiger partial charge in [0, 0.05) is 11.8 Å². The SMILES string of the molecule is CSCC(C)Nc1nc(C)c(C)nc1Cl. The van der Waals surface area contributed by atoms with Gasteiger partial charge in [-0.15, -0.1) is 0 Å². The zero-order valence-electron chi connectivity index (χ0n) is 9.47. The number of nitrogens with one attached hydrogen (secondary N) is 1. The molecule has 1 unspecified atom stereocenters. The van der Waals surface area contributed by atoms with Crippen molar-refractivity contribution in [3.8, 4) is 0 Å². The third-order valence-electron chi connectivity index (χ3n) is 2.06. The van der Waals surface area contributed by atoms with E-state index in [1.807, 2.05) is 13.8 Å². The van der Waals surface area contributed by atoms with Crippen LogP contribution in [0.3, 0.4) is 0 Å². The Balaban J connectivity index is 2.81. The molecule has 5 heteroatoms. The molecule has 1 rings (SSSR count). The molecule has 0 aliphatic rings. The average Bonchev–Trinajstić information content (AvgIpc) is 2.14. The highest BCUT2D eigenvalue weighted by molar-refractivity contribution is 7.98. The lowest BCUT2D eigenvalue weighted by atomic mass is 10.3. The maximum Gasteiger partial charge on any atom is 0.171 e. The van der Waals surface area contributed by atoms with Gasteiger partial charge >= 0.3 is 0 Å². The van der Waals surface area contributed by atoms with E-state index < -0.39 is 0 Å². The molecule has 1 N–H and O–H groups in total. The second-order valence-electron chi connectivity index (χ2n) is 3.53. The Labute approximate surface area is 100 Å². The number of thioether (sulfide) groups is 1. The monoisotopic (exact) mass is 245 g/mol. The van der Waals surface area contributed by atoms with Gasteiger partial charge in [0.1, 0.15) is 0 Å². The van der Waals surface area contributed by atoms with Crippen molar-refractivity contribution in [3.63, 3.8) is 0 Å². The van der Waals surface area contributed by atoms with Crippen LogP contribution in [0.4, 0.5) is 5.82 Å². The van der Waals surface area contributed by atoms with Gasteiger partial charge in [0.15, 0.2) is 11.0 Å². The van der Waals surface area contributed by atoms with Gasteiger partial charge in [0.2, 0.25) is 0 Å². The molecule has 0 aliphatic carbocycles. The molecule has 0 saturated heterocycles. The Kier molecular flexibility index (Phi) is 4.67. The number of aromatic nitrogens is 2. The van der Waals surface area contributed by atoms with Crippen molar-refractivity contribution in [2.75, 3.05) is 17.3 Å². The van der Waals surface area contributed by atoms with Crippen LogP contribution < -0.4 is 5.32 Å². The molecule has 0 aromatic carbocycles. The van der Waals surface area contributed by atoms with Crippen molar-refractivity contribution < 1.29 is 0 Å². The molecular formula is C10H16ClN3S. The van der Waals surface area contributed by atoms with E-state index >= 15 is 0 Å². The van der Waals surface area contributed by atoms with Gasteiger partial charge in [0.05, 0.1) is 11.4 Å². The number of anilines is 1. The molecule has 0 aliphatic heterocycles. The van der Waals surface area contributed by atoms with E-state index in [9.17, 15) is 0 Å². The molecule has 0 radical (unpaired) electrons. The van der Waals surface area contributed by atoms with Crippen molar-refractivity contribution in [2.45, 2.75) is 26.8 Å². The van der Waals surface area contributed by atoms with Gasteiger partial charge in [-0.1, -0.05) is 11.6 Å². The smallest absolute Gasteiger partial charge is 0.171 e. The van der Waals surface area contributed by atoms with E-state index in [1.165, 1.54) is 0 Å². The minimum atomic E-state index is 0.342. The summed E-state index contributed by atoms with van der Waals surface area (Å²) in [5.41, 5.74) is 1.79. The van der Waals surface area contributed by atoms with Crippen LogP contribution in [0.25, 0.3) is 0 Å². The highest BCUT2D eigenvalue weighted by atomic mass is 35.5. The molecule has 1 aromatic rings. The molecule has 3 nitrogen and oxygen atoms in total. The highest BCUT2D eigenvalue weighted by Gasteiger charge is 2.09. The van der Waals surface area contributed by atoms with Crippen LogP contribution in [0, 0.1) is 13.8 Å². The van der Waals surface area contributed by atoms with Gasteiger partial charge in [-0.2, -0.15) is 11.8 Å². The first-order valence-corrected chi connectivity index (χ1v) is 6.58. The van der Waals surface area contributed by atoms with Gasteiger partial charge in [0.25, 0.3) is 0 Å². The number of nitrogens with zero attached hydrogens (tertiary/aromatic N) is 2. The molecule has 0 amide bonds. The van der Waals surface area contributed by atoms with E-state index in [0.717, 1.165) is 17.1 Å². The number of rotatable bonds is 4. The van der Waals surface area contributed by atoms with E-state index in [0.29, 0.717) is 17.0 Å². The van der Waals surface area contributed by atoms with Crippen LogP contribution in [0.15, 0.2) is 0 Å². The van der Waals surface area contributed by atoms with Crippen molar-refractivity contribution >= 4 is 29.2 Å². The predicted octanol–water partition coefficient (Wildman–Crippen LogP) is 2.91. The van der Waals surface area contributed by atoms with Gasteiger partial charge in [-0.25, -0.2) is 9.97 Å². The van der Waals surface area contributed by atoms with Crippen LogP contribution in [0.1, 0.15) is 18.3 Å². The number of aryl methyl sites for hydroxylation is 2. The second-order valence-corrected chi connectivity index (χ2v) is 4.80. The van der Waals surface area contributed by atoms with Crippen LogP contribution in [-0.4, -0.2) is 28.0 Å². The normalized spacial score (nSPS) is 12.6. The van der Waals surface area contributed by atoms with Crippen molar-refractivity contribution in [2.24, 2.45) is 0 Å². The molecule has 0 spiro atoms. The third-order valence-corrected chi connectivity index (χ3v) is 3.16. The fraction of sp³-hybridized carbons (Fsp3) is 0.600. The summed E-state index contributed by atoms with van der Waals surface area (Å²) in [7, 11) is 0. The summed E-state index contributed by atoms with van der Waals surface area (Å²) in [6, 6.07) is 0.342. The summed E-state index contributed by atoms with van der Waals surface area (Å²) in [4.78, 5) is 8.60. The molecule has 1 aromatic heterocycles. The Morgan fingerprint density at radius 3 is 2.53 bits per heavy atom. The van der Waals surface area contributed by atoms with Crippen molar-refractivity contribution in [1.82, 2.24) is 9.97 Å². The third kappa shape index (κ3) is 3.54. The summed E-state index contributed by atoms with van der Waals surface area (Å²) in [6.45, 7) is 5.94. The maximum absolute atomic E-state index is 6.00. The predicted molar refractivity (Wildman–Crippen MR) is 68.0 cm³/mol. The number of halogens is 1. The lowest BCUT2D eigenvalue weighted by Crippen LogP contribution is -2.19. The fourth-order valence-electron chi connectivity index (χ4n) is 1.19. The van der Waals surface area contributed by atoms with Crippen molar-refractivity contribution in [3.05, 3.63) is 16.5 Å². The van der Waals surface area contributed by atoms with Gasteiger partial charge in [-0.05, 0) is 27.0 Å². The lowest BCUT2D eigenvalue weighted by molar-refractivity contribution is 0.891. The molecule has 1 heterocycles. The molecule has 0 fully saturated rings. The van der Waals surface area contributed by atoms with Gasteiger partial charge in [-0.3, -0.25) is 0 Å². The minimum Gasteiger partial charge on any atom is -0.364 e. The first kappa shape index (κ1) is 12.6. The first-order chi connectivity index (χ1) is 7.04. The molecule has 15 heavy (non-hydrogen) atoms. The Bertz CT molecular complexity index is 344. The summed E-state index contributed by atoms with van der Waals surface area (Å²) in [6.07, 6.45) is 2.08. The number of hydrogen-bond donors (Lipinski definition) is 1. The average molecular weight is 246 g/mol. The van der Waals surface area contributed by atoms with Crippen molar-refractivity contribution in [1.29, 1.82) is 0 Å². The van der Waals surface area contributed by atoms with Crippen LogP contribution in [-0.2, 0) is 0 Å². The van der Waals surface area contributed by atoms with Crippen LogP contribution in [0.5, 0.6) is 0 Å². The van der Waals surface area contributed by atoms with E-state index in [2.05, 4.69) is 28.5 Å². The second kappa shape index (κ2) is 5.56. The highest BCUT2D eigenvalue weighted by Crippen LogP contribution is 2.19. The summed E-state index contributed by atoms with van der Waals surface area (Å²) < 4.78 is 0. The molecule has 0 saturated carbocycles. The molecular weight excluding hydrogens is 230 g/mol. The maximum atomic E-state index is 6.00. The molecule has 84 valence electrons. The number of hydrogen-bond acceptors (Lipinski definition) is 4. The fourth-order valence-corrected chi connectivity index (χ4v) is 2.00. The van der Waals surface area contributed by atoms with Crippen LogP contribution in [0.2, 0.25) is 5.15 Å². The van der Waals surface area contributed by atoms with E-state index in [1.54, 1.807) is 11.8 Å². The summed E-state index contributed by atoms with van der Waals surface area (Å²) >= 11 is 7.79. The minimum absolute atomic E-state index is 0.342. The topological polar surface area (TPSA) is 37.8 Å². The Hall–Kier alpha value is -0.480. The zero-order valence-corrected chi connectivity index (χ0v) is 11.0. The summed E-state index contributed by atoms with van der Waals surface area (Å²) in [5, 5.41) is 3.70. The molecule has 0 bridgehead atoms. The Morgan fingerprint density at radius 2 is 1.93 bits per heavy atom. The lowest BCUT2D eigenvalue weighted by Gasteiger charge is -2.14. The first-order valence-electron chi connectivity index (χ1n) is 4.80. The van der Waals surface area contributed by atoms with Crippen LogP contribution >= 0.6 is 23.4 Å². The quantitative estimate of drug-likeness (QED) is 0.885. The largest absolute Gasteiger partial charge is 0.364 e. The summed E-state index contributed by atoms with van der Waals surface area (Å²) in [5.74, 6) is 1.70. The Morgan fingerprint density at radius 1 is 1.33 bits per heavy atom.